The lowest BCUT2D eigenvalue weighted by Crippen LogP contribution is -2.31. The van der Waals surface area contributed by atoms with Gasteiger partial charge >= 0.3 is 5.97 Å². The quantitative estimate of drug-likeness (QED) is 0.435. The summed E-state index contributed by atoms with van der Waals surface area (Å²) in [6.45, 7) is 5.66. The third-order valence-electron chi connectivity index (χ3n) is 3.51. The van der Waals surface area contributed by atoms with Crippen molar-refractivity contribution in [2.75, 3.05) is 5.75 Å². The minimum absolute atomic E-state index is 0.0805. The molecule has 0 aliphatic carbocycles. The van der Waals surface area contributed by atoms with Crippen LogP contribution in [-0.2, 0) is 19.8 Å². The Kier molecular flexibility index (Phi) is 10.9. The largest absolute Gasteiger partial charge is 0.396 e. The highest BCUT2D eigenvalue weighted by atomic mass is 32.2. The second kappa shape index (κ2) is 11.5. The van der Waals surface area contributed by atoms with Gasteiger partial charge in [0.25, 0.3) is 0 Å². The number of unbranched alkanes of at least 4 members (excludes halogenated alkanes) is 5. The van der Waals surface area contributed by atoms with Gasteiger partial charge in [0.05, 0.1) is 5.75 Å². The molecule has 0 radical (unpaired) electrons. The molecule has 0 aliphatic rings. The summed E-state index contributed by atoms with van der Waals surface area (Å²) in [5.74, 6) is -1.37. The SMILES string of the molecule is CCCCCCCCS(=O)(=O)NC(C(=O)OF)=C(CC)CC. The van der Waals surface area contributed by atoms with Gasteiger partial charge in [-0.3, -0.25) is 4.72 Å². The maximum absolute atomic E-state index is 12.2. The molecule has 0 aromatic rings. The number of allylic oxidation sites excluding steroid dienone is 1. The molecule has 1 N–H and O–H groups in total. The first-order valence-electron chi connectivity index (χ1n) is 7.97. The minimum atomic E-state index is -3.67. The molecule has 0 unspecified atom stereocenters. The molecule has 0 aliphatic heterocycles. The zero-order valence-electron chi connectivity index (χ0n) is 13.8. The van der Waals surface area contributed by atoms with Gasteiger partial charge in [-0.2, -0.15) is 0 Å². The molecule has 0 saturated heterocycles. The molecule has 5 nitrogen and oxygen atoms in total. The van der Waals surface area contributed by atoms with Gasteiger partial charge in [-0.15, -0.1) is 0 Å². The summed E-state index contributed by atoms with van der Waals surface area (Å²) in [7, 11) is -3.67. The van der Waals surface area contributed by atoms with E-state index < -0.39 is 16.0 Å². The van der Waals surface area contributed by atoms with E-state index in [-0.39, 0.29) is 11.4 Å². The molecule has 130 valence electrons. The smallest absolute Gasteiger partial charge is 0.277 e. The van der Waals surface area contributed by atoms with Crippen molar-refractivity contribution in [3.63, 3.8) is 0 Å². The van der Waals surface area contributed by atoms with Crippen LogP contribution in [-0.4, -0.2) is 20.1 Å². The summed E-state index contributed by atoms with van der Waals surface area (Å²) < 4.78 is 38.4. The van der Waals surface area contributed by atoms with Gasteiger partial charge in [0.15, 0.2) is 0 Å². The van der Waals surface area contributed by atoms with Crippen LogP contribution < -0.4 is 4.72 Å². The van der Waals surface area contributed by atoms with Crippen molar-refractivity contribution in [2.24, 2.45) is 0 Å². The number of hydrogen-bond donors (Lipinski definition) is 1. The first-order valence-corrected chi connectivity index (χ1v) is 9.62. The fraction of sp³-hybridized carbons (Fsp3) is 0.800. The molecule has 22 heavy (non-hydrogen) atoms. The van der Waals surface area contributed by atoms with E-state index in [1.165, 1.54) is 0 Å². The van der Waals surface area contributed by atoms with Gasteiger partial charge in [-0.05, 0) is 24.8 Å². The molecule has 0 bridgehead atoms. The Hall–Kier alpha value is -1.11. The average Bonchev–Trinajstić information content (AvgIpc) is 2.50. The Labute approximate surface area is 133 Å². The number of carbonyl (C=O) groups is 1. The summed E-state index contributed by atoms with van der Waals surface area (Å²) in [6.07, 6.45) is 6.60. The molecule has 7 heteroatoms. The highest BCUT2D eigenvalue weighted by Crippen LogP contribution is 2.14. The number of carbonyl (C=O) groups excluding carboxylic acids is 1. The first kappa shape index (κ1) is 20.9. The van der Waals surface area contributed by atoms with E-state index in [1.54, 1.807) is 13.8 Å². The van der Waals surface area contributed by atoms with Crippen molar-refractivity contribution >= 4 is 16.0 Å². The van der Waals surface area contributed by atoms with Crippen LogP contribution in [0.15, 0.2) is 11.3 Å². The van der Waals surface area contributed by atoms with Crippen LogP contribution in [0.4, 0.5) is 4.53 Å². The fourth-order valence-electron chi connectivity index (χ4n) is 2.18. The summed E-state index contributed by atoms with van der Waals surface area (Å²) in [4.78, 5) is 14.6. The van der Waals surface area contributed by atoms with E-state index >= 15 is 0 Å². The Morgan fingerprint density at radius 1 is 1.00 bits per heavy atom. The van der Waals surface area contributed by atoms with Crippen LogP contribution in [0.5, 0.6) is 0 Å². The zero-order valence-corrected chi connectivity index (χ0v) is 14.6. The van der Waals surface area contributed by atoms with Gasteiger partial charge in [0.1, 0.15) is 5.70 Å². The number of nitrogens with one attached hydrogen (secondary N) is 1. The average molecular weight is 337 g/mol. The molecule has 0 rings (SSSR count). The summed E-state index contributed by atoms with van der Waals surface area (Å²) in [6, 6.07) is 0. The van der Waals surface area contributed by atoms with E-state index in [0.29, 0.717) is 24.8 Å². The number of rotatable bonds is 12. The Bertz CT molecular complexity index is 454. The lowest BCUT2D eigenvalue weighted by molar-refractivity contribution is -0.178. The maximum atomic E-state index is 12.2. The fourth-order valence-corrected chi connectivity index (χ4v) is 3.40. The van der Waals surface area contributed by atoms with Crippen molar-refractivity contribution in [2.45, 2.75) is 72.1 Å². The molecule has 0 saturated carbocycles. The lowest BCUT2D eigenvalue weighted by atomic mass is 10.1. The maximum Gasteiger partial charge on any atom is 0.396 e. The van der Waals surface area contributed by atoms with Crippen LogP contribution in [0, 0.1) is 0 Å². The highest BCUT2D eigenvalue weighted by molar-refractivity contribution is 7.89. The van der Waals surface area contributed by atoms with Crippen LogP contribution in [0.1, 0.15) is 72.1 Å². The zero-order chi connectivity index (χ0) is 17.0. The van der Waals surface area contributed by atoms with Gasteiger partial charge in [0, 0.05) is 4.53 Å². The van der Waals surface area contributed by atoms with Crippen molar-refractivity contribution < 1.29 is 22.7 Å². The van der Waals surface area contributed by atoms with Gasteiger partial charge in [-0.25, -0.2) is 18.2 Å². The predicted molar refractivity (Wildman–Crippen MR) is 85.1 cm³/mol. The molecule has 0 heterocycles. The van der Waals surface area contributed by atoms with E-state index in [1.807, 2.05) is 0 Å². The van der Waals surface area contributed by atoms with E-state index in [9.17, 15) is 17.7 Å². The molecule has 0 aromatic heterocycles. The molecule has 0 aromatic carbocycles. The Balaban J connectivity index is 4.63. The third-order valence-corrected chi connectivity index (χ3v) is 4.85. The summed E-state index contributed by atoms with van der Waals surface area (Å²) >= 11 is 0. The topological polar surface area (TPSA) is 72.5 Å². The number of halogens is 1. The highest BCUT2D eigenvalue weighted by Gasteiger charge is 2.22. The summed E-state index contributed by atoms with van der Waals surface area (Å²) in [5, 5.41) is 0. The first-order chi connectivity index (χ1) is 10.4. The van der Waals surface area contributed by atoms with E-state index in [4.69, 9.17) is 0 Å². The predicted octanol–water partition coefficient (Wildman–Crippen LogP) is 3.77. The van der Waals surface area contributed by atoms with Crippen LogP contribution in [0.3, 0.4) is 0 Å². The van der Waals surface area contributed by atoms with E-state index in [0.717, 1.165) is 32.1 Å². The number of sulfonamides is 1. The van der Waals surface area contributed by atoms with Crippen molar-refractivity contribution in [3.05, 3.63) is 11.3 Å². The standard InChI is InChI=1S/C15H28FNO4S/c1-4-7-8-9-10-11-12-22(19,20)17-14(15(18)21-16)13(5-2)6-3/h17H,4-12H2,1-3H3. The van der Waals surface area contributed by atoms with Crippen LogP contribution in [0.2, 0.25) is 0 Å². The van der Waals surface area contributed by atoms with Gasteiger partial charge in [0.2, 0.25) is 10.0 Å². The molecular weight excluding hydrogens is 309 g/mol. The monoisotopic (exact) mass is 337 g/mol. The van der Waals surface area contributed by atoms with Crippen LogP contribution >= 0.6 is 0 Å². The molecule has 0 atom stereocenters. The van der Waals surface area contributed by atoms with Crippen molar-refractivity contribution in [3.8, 4) is 0 Å². The van der Waals surface area contributed by atoms with E-state index in [2.05, 4.69) is 16.6 Å². The Morgan fingerprint density at radius 3 is 2.05 bits per heavy atom. The second-order valence-corrected chi connectivity index (χ2v) is 7.08. The molecule has 0 amide bonds. The third kappa shape index (κ3) is 8.36. The van der Waals surface area contributed by atoms with Gasteiger partial charge < -0.3 is 0 Å². The summed E-state index contributed by atoms with van der Waals surface area (Å²) in [5.41, 5.74) is 0.229. The minimum Gasteiger partial charge on any atom is -0.277 e. The lowest BCUT2D eigenvalue weighted by Gasteiger charge is -2.12. The molecule has 0 spiro atoms. The van der Waals surface area contributed by atoms with Crippen LogP contribution in [0.25, 0.3) is 0 Å². The molecular formula is C15H28FNO4S. The van der Waals surface area contributed by atoms with Crippen molar-refractivity contribution in [1.29, 1.82) is 0 Å². The van der Waals surface area contributed by atoms with Crippen molar-refractivity contribution in [1.82, 2.24) is 4.72 Å². The van der Waals surface area contributed by atoms with Gasteiger partial charge in [-0.1, -0.05) is 52.9 Å². The Morgan fingerprint density at radius 2 is 1.55 bits per heavy atom. The molecule has 0 fully saturated rings. The second-order valence-electron chi connectivity index (χ2n) is 5.24. The number of hydrogen-bond acceptors (Lipinski definition) is 4. The normalized spacial score (nSPS) is 11.1.